The van der Waals surface area contributed by atoms with E-state index in [0.29, 0.717) is 5.02 Å². The Morgan fingerprint density at radius 1 is 1.18 bits per heavy atom. The third-order valence-electron chi connectivity index (χ3n) is 2.46. The topological polar surface area (TPSA) is 12.9 Å². The number of benzene rings is 1. The summed E-state index contributed by atoms with van der Waals surface area (Å²) in [7, 11) is 0. The quantitative estimate of drug-likeness (QED) is 0.720. The van der Waals surface area contributed by atoms with Crippen LogP contribution >= 0.6 is 39.1 Å². The number of hydrogen-bond donors (Lipinski definition) is 0. The maximum Gasteiger partial charge on any atom is 0.0640 e. The Hall–Kier alpha value is -0.570. The number of alkyl halides is 1. The lowest BCUT2D eigenvalue weighted by Crippen LogP contribution is -1.97. The van der Waals surface area contributed by atoms with Crippen LogP contribution in [0.4, 0.5) is 0 Å². The number of hydrogen-bond acceptors (Lipinski definition) is 1. The highest BCUT2D eigenvalue weighted by Crippen LogP contribution is 2.32. The molecule has 0 aliphatic carbocycles. The zero-order valence-electron chi connectivity index (χ0n) is 8.91. The molecule has 0 N–H and O–H groups in total. The molecule has 17 heavy (non-hydrogen) atoms. The number of halogens is 3. The van der Waals surface area contributed by atoms with E-state index >= 15 is 0 Å². The van der Waals surface area contributed by atoms with Gasteiger partial charge in [0.1, 0.15) is 0 Å². The molecule has 0 fully saturated rings. The molecule has 1 nitrogen and oxygen atoms in total. The third-order valence-corrected chi connectivity index (χ3v) is 3.69. The summed E-state index contributed by atoms with van der Waals surface area (Å²) in [5, 5.41) is 0.560. The lowest BCUT2D eigenvalue weighted by molar-refractivity contribution is 0.915. The van der Waals surface area contributed by atoms with Crippen LogP contribution in [0.1, 0.15) is 16.5 Å². The van der Waals surface area contributed by atoms with Gasteiger partial charge in [-0.3, -0.25) is 4.98 Å². The van der Waals surface area contributed by atoms with E-state index in [4.69, 9.17) is 23.2 Å². The lowest BCUT2D eigenvalue weighted by Gasteiger charge is -2.12. The van der Waals surface area contributed by atoms with Crippen LogP contribution in [0.25, 0.3) is 0 Å². The molecule has 88 valence electrons. The lowest BCUT2D eigenvalue weighted by atomic mass is 10.0. The molecule has 0 amide bonds. The van der Waals surface area contributed by atoms with Gasteiger partial charge in [0.2, 0.25) is 0 Å². The molecular formula is C13H10BrCl2N. The van der Waals surface area contributed by atoms with Crippen LogP contribution in [-0.2, 0) is 6.42 Å². The Labute approximate surface area is 119 Å². The number of pyridine rings is 1. The van der Waals surface area contributed by atoms with E-state index in [2.05, 4.69) is 20.9 Å². The molecule has 0 spiro atoms. The first-order chi connectivity index (χ1) is 8.16. The molecule has 1 heterocycles. The van der Waals surface area contributed by atoms with Gasteiger partial charge >= 0.3 is 0 Å². The van der Waals surface area contributed by atoms with Crippen LogP contribution in [-0.4, -0.2) is 4.98 Å². The van der Waals surface area contributed by atoms with Gasteiger partial charge in [-0.2, -0.15) is 0 Å². The van der Waals surface area contributed by atoms with Gasteiger partial charge in [0.05, 0.1) is 5.38 Å². The largest absolute Gasteiger partial charge is 0.265 e. The minimum absolute atomic E-state index is 0.137. The van der Waals surface area contributed by atoms with Gasteiger partial charge in [-0.25, -0.2) is 0 Å². The van der Waals surface area contributed by atoms with Crippen molar-refractivity contribution in [2.45, 2.75) is 11.8 Å². The van der Waals surface area contributed by atoms with Gasteiger partial charge in [0, 0.05) is 21.9 Å². The van der Waals surface area contributed by atoms with Crippen LogP contribution in [0.3, 0.4) is 0 Å². The molecule has 0 bridgehead atoms. The van der Waals surface area contributed by atoms with E-state index in [9.17, 15) is 0 Å². The van der Waals surface area contributed by atoms with Crippen LogP contribution in [0.5, 0.6) is 0 Å². The molecule has 1 atom stereocenters. The minimum Gasteiger partial charge on any atom is -0.265 e. The van der Waals surface area contributed by atoms with E-state index in [0.717, 1.165) is 22.0 Å². The molecule has 0 saturated carbocycles. The Morgan fingerprint density at radius 3 is 2.59 bits per heavy atom. The Morgan fingerprint density at radius 2 is 1.88 bits per heavy atom. The van der Waals surface area contributed by atoms with Crippen molar-refractivity contribution in [3.05, 3.63) is 63.3 Å². The summed E-state index contributed by atoms with van der Waals surface area (Å²) >= 11 is 16.0. The highest BCUT2D eigenvalue weighted by Gasteiger charge is 2.13. The maximum absolute atomic E-state index is 6.39. The van der Waals surface area contributed by atoms with Crippen LogP contribution < -0.4 is 0 Å². The third kappa shape index (κ3) is 3.44. The number of nitrogens with zero attached hydrogens (tertiary/aromatic N) is 1. The predicted molar refractivity (Wildman–Crippen MR) is 75.7 cm³/mol. The van der Waals surface area contributed by atoms with E-state index in [-0.39, 0.29) is 5.38 Å². The first kappa shape index (κ1) is 12.9. The first-order valence-electron chi connectivity index (χ1n) is 5.15. The molecule has 1 aromatic heterocycles. The average molecular weight is 331 g/mol. The Kier molecular flexibility index (Phi) is 4.43. The summed E-state index contributed by atoms with van der Waals surface area (Å²) in [5.41, 5.74) is 2.09. The maximum atomic E-state index is 6.39. The smallest absolute Gasteiger partial charge is 0.0640 e. The summed E-state index contributed by atoms with van der Waals surface area (Å²) in [6, 6.07) is 9.63. The summed E-state index contributed by atoms with van der Waals surface area (Å²) < 4.78 is 0.984. The van der Waals surface area contributed by atoms with Crippen molar-refractivity contribution < 1.29 is 0 Å². The molecule has 4 heteroatoms. The molecular weight excluding hydrogens is 321 g/mol. The van der Waals surface area contributed by atoms with E-state index in [1.807, 2.05) is 30.3 Å². The standard InChI is InChI=1S/C13H10BrCl2N/c14-10-1-2-12(15)11(8-10)13(16)7-9-3-5-17-6-4-9/h1-6,8,13H,7H2. The summed E-state index contributed by atoms with van der Waals surface area (Å²) in [6.45, 7) is 0. The predicted octanol–water partition coefficient (Wildman–Crippen LogP) is 5.02. The molecule has 0 aliphatic rings. The van der Waals surface area contributed by atoms with E-state index < -0.39 is 0 Å². The fraction of sp³-hybridized carbons (Fsp3) is 0.154. The van der Waals surface area contributed by atoms with E-state index in [1.165, 1.54) is 0 Å². The summed E-state index contributed by atoms with van der Waals surface area (Å²) in [4.78, 5) is 3.98. The monoisotopic (exact) mass is 329 g/mol. The van der Waals surface area contributed by atoms with Crippen molar-refractivity contribution in [2.75, 3.05) is 0 Å². The molecule has 0 aliphatic heterocycles. The number of aromatic nitrogens is 1. The van der Waals surface area contributed by atoms with Crippen LogP contribution in [0.15, 0.2) is 47.2 Å². The first-order valence-corrected chi connectivity index (χ1v) is 6.75. The second kappa shape index (κ2) is 5.85. The zero-order chi connectivity index (χ0) is 12.3. The fourth-order valence-corrected chi connectivity index (χ4v) is 2.63. The van der Waals surface area contributed by atoms with Gasteiger partial charge in [-0.15, -0.1) is 11.6 Å². The van der Waals surface area contributed by atoms with Gasteiger partial charge in [0.15, 0.2) is 0 Å². The zero-order valence-corrected chi connectivity index (χ0v) is 12.0. The van der Waals surface area contributed by atoms with Crippen molar-refractivity contribution in [1.82, 2.24) is 4.98 Å². The van der Waals surface area contributed by atoms with Gasteiger partial charge < -0.3 is 0 Å². The van der Waals surface area contributed by atoms with Crippen molar-refractivity contribution >= 4 is 39.1 Å². The minimum atomic E-state index is -0.137. The van der Waals surface area contributed by atoms with Crippen molar-refractivity contribution in [1.29, 1.82) is 0 Å². The average Bonchev–Trinajstić information content (AvgIpc) is 2.33. The van der Waals surface area contributed by atoms with Gasteiger partial charge in [-0.05, 0) is 47.9 Å². The molecule has 2 rings (SSSR count). The van der Waals surface area contributed by atoms with Crippen LogP contribution in [0, 0.1) is 0 Å². The van der Waals surface area contributed by atoms with Crippen molar-refractivity contribution in [2.24, 2.45) is 0 Å². The number of rotatable bonds is 3. The van der Waals surface area contributed by atoms with E-state index in [1.54, 1.807) is 12.4 Å². The van der Waals surface area contributed by atoms with Gasteiger partial charge in [0.25, 0.3) is 0 Å². The molecule has 1 unspecified atom stereocenters. The second-order valence-corrected chi connectivity index (χ2v) is 5.54. The van der Waals surface area contributed by atoms with Crippen molar-refractivity contribution in [3.8, 4) is 0 Å². The summed E-state index contributed by atoms with van der Waals surface area (Å²) in [6.07, 6.45) is 4.27. The normalized spacial score (nSPS) is 12.4. The molecule has 2 aromatic rings. The summed E-state index contributed by atoms with van der Waals surface area (Å²) in [5.74, 6) is 0. The fourth-order valence-electron chi connectivity index (χ4n) is 1.59. The SMILES string of the molecule is Clc1ccc(Br)cc1C(Cl)Cc1ccncc1. The molecule has 0 saturated heterocycles. The highest BCUT2D eigenvalue weighted by atomic mass is 79.9. The Balaban J connectivity index is 2.20. The van der Waals surface area contributed by atoms with Crippen LogP contribution in [0.2, 0.25) is 5.02 Å². The second-order valence-electron chi connectivity index (χ2n) is 3.69. The molecule has 1 aromatic carbocycles. The Bertz CT molecular complexity index is 502. The highest BCUT2D eigenvalue weighted by molar-refractivity contribution is 9.10. The van der Waals surface area contributed by atoms with Gasteiger partial charge in [-0.1, -0.05) is 27.5 Å². The van der Waals surface area contributed by atoms with Crippen molar-refractivity contribution in [3.63, 3.8) is 0 Å². The molecule has 0 radical (unpaired) electrons.